The number of aliphatic hydroxyl groups is 2. The molecule has 3 N–H and O–H groups in total. The molecule has 1 saturated heterocycles. The van der Waals surface area contributed by atoms with Crippen molar-refractivity contribution in [2.75, 3.05) is 13.2 Å². The van der Waals surface area contributed by atoms with Gasteiger partial charge in [-0.3, -0.25) is 14.4 Å². The van der Waals surface area contributed by atoms with Crippen LogP contribution in [0, 0.1) is 0 Å². The summed E-state index contributed by atoms with van der Waals surface area (Å²) < 4.78 is 28.4. The van der Waals surface area contributed by atoms with Crippen LogP contribution < -0.4 is 0 Å². The van der Waals surface area contributed by atoms with Gasteiger partial charge in [0.1, 0.15) is 18.8 Å². The third-order valence-electron chi connectivity index (χ3n) is 13.5. The second-order valence-electron chi connectivity index (χ2n) is 20.6. The second kappa shape index (κ2) is 52.6. The highest BCUT2D eigenvalue weighted by atomic mass is 16.7. The first-order valence-corrected chi connectivity index (χ1v) is 30.6. The van der Waals surface area contributed by atoms with Crippen molar-refractivity contribution in [1.82, 2.24) is 0 Å². The average Bonchev–Trinajstić information content (AvgIpc) is 3.42. The zero-order valence-corrected chi connectivity index (χ0v) is 48.4. The second-order valence-corrected chi connectivity index (χ2v) is 20.6. The van der Waals surface area contributed by atoms with E-state index in [1.807, 2.05) is 18.2 Å². The number of carbonyl (C=O) groups is 4. The molecule has 12 nitrogen and oxygen atoms in total. The molecule has 0 aromatic rings. The number of hydrogen-bond donors (Lipinski definition) is 3. The van der Waals surface area contributed by atoms with Crippen LogP contribution in [0.2, 0.25) is 0 Å². The van der Waals surface area contributed by atoms with Crippen LogP contribution in [0.4, 0.5) is 0 Å². The van der Waals surface area contributed by atoms with E-state index in [4.69, 9.17) is 23.7 Å². The molecule has 6 atom stereocenters. The van der Waals surface area contributed by atoms with Crippen LogP contribution in [0.15, 0.2) is 85.1 Å². The molecular formula is C65H108O12. The van der Waals surface area contributed by atoms with Gasteiger partial charge in [-0.25, -0.2) is 4.79 Å². The Labute approximate surface area is 467 Å². The monoisotopic (exact) mass is 1080 g/mol. The van der Waals surface area contributed by atoms with Crippen molar-refractivity contribution in [3.63, 3.8) is 0 Å². The fourth-order valence-corrected chi connectivity index (χ4v) is 8.80. The quantitative estimate of drug-likeness (QED) is 0.0228. The minimum atomic E-state index is -1.93. The van der Waals surface area contributed by atoms with Crippen molar-refractivity contribution in [2.24, 2.45) is 0 Å². The fraction of sp³-hybridized carbons (Fsp3) is 0.723. The summed E-state index contributed by atoms with van der Waals surface area (Å²) in [6, 6.07) is 0. The lowest BCUT2D eigenvalue weighted by atomic mass is 9.98. The number of carboxylic acid groups (broad SMARTS) is 1. The van der Waals surface area contributed by atoms with Gasteiger partial charge >= 0.3 is 23.9 Å². The first kappa shape index (κ1) is 70.9. The lowest BCUT2D eigenvalue weighted by Crippen LogP contribution is -2.61. The minimum Gasteiger partial charge on any atom is -0.479 e. The molecule has 0 saturated carbocycles. The third-order valence-corrected chi connectivity index (χ3v) is 13.5. The van der Waals surface area contributed by atoms with Crippen LogP contribution in [0.5, 0.6) is 0 Å². The molecule has 0 aromatic heterocycles. The Hall–Kier alpha value is -4.10. The maximum absolute atomic E-state index is 13.1. The van der Waals surface area contributed by atoms with Gasteiger partial charge in [0, 0.05) is 19.3 Å². The number of carboxylic acids is 1. The van der Waals surface area contributed by atoms with E-state index in [0.717, 1.165) is 89.9 Å². The Morgan fingerprint density at radius 1 is 0.442 bits per heavy atom. The summed E-state index contributed by atoms with van der Waals surface area (Å²) in [6.07, 6.45) is 55.6. The van der Waals surface area contributed by atoms with Crippen molar-refractivity contribution in [2.45, 2.75) is 289 Å². The maximum atomic E-state index is 13.1. The first-order chi connectivity index (χ1) is 37.6. The summed E-state index contributed by atoms with van der Waals surface area (Å²) in [5, 5.41) is 31.5. The zero-order chi connectivity index (χ0) is 56.1. The average molecular weight is 1080 g/mol. The zero-order valence-electron chi connectivity index (χ0n) is 48.4. The maximum Gasteiger partial charge on any atom is 0.335 e. The van der Waals surface area contributed by atoms with Crippen LogP contribution >= 0.6 is 0 Å². The highest BCUT2D eigenvalue weighted by Crippen LogP contribution is 2.26. The Morgan fingerprint density at radius 2 is 0.844 bits per heavy atom. The van der Waals surface area contributed by atoms with E-state index in [9.17, 15) is 34.5 Å². The summed E-state index contributed by atoms with van der Waals surface area (Å²) in [4.78, 5) is 51.1. The van der Waals surface area contributed by atoms with Crippen molar-refractivity contribution in [3.8, 4) is 0 Å². The van der Waals surface area contributed by atoms with Crippen molar-refractivity contribution >= 4 is 23.9 Å². The number of esters is 3. The molecule has 1 rings (SSSR count). The molecule has 12 heteroatoms. The van der Waals surface area contributed by atoms with E-state index >= 15 is 0 Å². The van der Waals surface area contributed by atoms with Gasteiger partial charge in [0.05, 0.1) is 6.61 Å². The van der Waals surface area contributed by atoms with Gasteiger partial charge < -0.3 is 39.0 Å². The lowest BCUT2D eigenvalue weighted by molar-refractivity contribution is -0.301. The number of hydrogen-bond acceptors (Lipinski definition) is 11. The normalized spacial score (nSPS) is 18.6. The Balaban J connectivity index is 2.72. The number of aliphatic carboxylic acids is 1. The highest BCUT2D eigenvalue weighted by molar-refractivity contribution is 5.74. The van der Waals surface area contributed by atoms with Crippen molar-refractivity contribution < 1.29 is 58.2 Å². The third kappa shape index (κ3) is 42.5. The largest absolute Gasteiger partial charge is 0.479 e. The van der Waals surface area contributed by atoms with Gasteiger partial charge in [0.15, 0.2) is 24.6 Å². The number of aliphatic hydroxyl groups excluding tert-OH is 2. The van der Waals surface area contributed by atoms with Crippen molar-refractivity contribution in [3.05, 3.63) is 85.1 Å². The van der Waals surface area contributed by atoms with E-state index in [1.54, 1.807) is 0 Å². The molecule has 1 fully saturated rings. The SMILES string of the molecule is CC/C=C\C/C=C\C/C=C\C/C=C\C/C=C\C/C=C\CCC(=O)OC1C(OCC(COC(=O)CCCCCCC/C=C\CCCCCCCC)OC(=O)CCCCCCCCCCCCCCC)OC(C(=O)O)C(O)C1O. The number of allylic oxidation sites excluding steroid dienone is 14. The molecule has 0 aromatic carbocycles. The molecule has 77 heavy (non-hydrogen) atoms. The molecule has 0 aliphatic carbocycles. The van der Waals surface area contributed by atoms with E-state index < -0.39 is 67.3 Å². The Kier molecular flexibility index (Phi) is 48.4. The smallest absolute Gasteiger partial charge is 0.335 e. The van der Waals surface area contributed by atoms with E-state index in [2.05, 4.69) is 87.6 Å². The van der Waals surface area contributed by atoms with E-state index in [0.29, 0.717) is 25.7 Å². The van der Waals surface area contributed by atoms with Gasteiger partial charge in [-0.1, -0.05) is 234 Å². The summed E-state index contributed by atoms with van der Waals surface area (Å²) >= 11 is 0. The molecule has 1 aliphatic rings. The molecule has 0 bridgehead atoms. The molecular weight excluding hydrogens is 973 g/mol. The fourth-order valence-electron chi connectivity index (χ4n) is 8.80. The molecule has 6 unspecified atom stereocenters. The van der Waals surface area contributed by atoms with Gasteiger partial charge in [-0.05, 0) is 83.5 Å². The minimum absolute atomic E-state index is 0.0668. The number of carbonyl (C=O) groups excluding carboxylic acids is 3. The predicted octanol–water partition coefficient (Wildman–Crippen LogP) is 15.9. The van der Waals surface area contributed by atoms with Gasteiger partial charge in [-0.15, -0.1) is 0 Å². The van der Waals surface area contributed by atoms with Crippen LogP contribution in [0.1, 0.15) is 252 Å². The van der Waals surface area contributed by atoms with Crippen LogP contribution in [-0.2, 0) is 42.9 Å². The highest BCUT2D eigenvalue weighted by Gasteiger charge is 2.50. The molecule has 0 spiro atoms. The topological polar surface area (TPSA) is 175 Å². The Morgan fingerprint density at radius 3 is 1.30 bits per heavy atom. The number of unbranched alkanes of at least 4 members (excludes halogenated alkanes) is 23. The molecule has 0 radical (unpaired) electrons. The van der Waals surface area contributed by atoms with Gasteiger partial charge in [-0.2, -0.15) is 0 Å². The van der Waals surface area contributed by atoms with Crippen LogP contribution in [0.3, 0.4) is 0 Å². The molecule has 1 aliphatic heterocycles. The standard InChI is InChI=1S/C65H108O12/c1-4-7-10-13-16-19-22-25-27-28-29-30-32-35-38-41-44-47-50-53-59(68)76-63-61(70)60(69)62(64(71)72)77-65(63)74-55-56(75-58(67)52-49-46-43-40-37-33-24-21-18-15-12-9-6-3)54-73-57(66)51-48-45-42-39-36-34-31-26-23-20-17-14-11-8-5-2/h7,10,16,19,25-27,29-31,35,38,44,47,56,60-63,65,69-70H,4-6,8-9,11-15,17-18,20-24,28,32-34,36-37,39-43,45-46,48-55H2,1-3H3,(H,71,72)/b10-7-,19-16-,27-25-,30-29-,31-26-,38-35-,47-44-. The van der Waals surface area contributed by atoms with Crippen LogP contribution in [-0.4, -0.2) is 89.2 Å². The number of rotatable bonds is 51. The molecule has 0 amide bonds. The summed E-state index contributed by atoms with van der Waals surface area (Å²) in [5.41, 5.74) is 0. The summed E-state index contributed by atoms with van der Waals surface area (Å²) in [7, 11) is 0. The van der Waals surface area contributed by atoms with E-state index in [1.165, 1.54) is 96.3 Å². The first-order valence-electron chi connectivity index (χ1n) is 30.6. The molecule has 440 valence electrons. The summed E-state index contributed by atoms with van der Waals surface area (Å²) in [6.45, 7) is 5.84. The number of ether oxygens (including phenoxy) is 5. The van der Waals surface area contributed by atoms with Gasteiger partial charge in [0.2, 0.25) is 0 Å². The molecule has 1 heterocycles. The Bertz CT molecular complexity index is 1660. The van der Waals surface area contributed by atoms with Crippen LogP contribution in [0.25, 0.3) is 0 Å². The van der Waals surface area contributed by atoms with Gasteiger partial charge in [0.25, 0.3) is 0 Å². The van der Waals surface area contributed by atoms with Crippen molar-refractivity contribution in [1.29, 1.82) is 0 Å². The summed E-state index contributed by atoms with van der Waals surface area (Å²) in [5.74, 6) is -3.23. The van der Waals surface area contributed by atoms with E-state index in [-0.39, 0.29) is 25.9 Å². The predicted molar refractivity (Wildman–Crippen MR) is 312 cm³/mol. The lowest BCUT2D eigenvalue weighted by Gasteiger charge is -2.40.